The minimum atomic E-state index is -1.02. The first-order valence-corrected chi connectivity index (χ1v) is 4.78. The van der Waals surface area contributed by atoms with Gasteiger partial charge in [0.05, 0.1) is 0 Å². The van der Waals surface area contributed by atoms with E-state index in [1.807, 2.05) is 0 Å². The third-order valence-corrected chi connectivity index (χ3v) is 2.53. The SMILES string of the molecule is O=C1CC(C(=O)O)Nc2ccc(Cl)cc21. The molecule has 5 heteroatoms. The monoisotopic (exact) mass is 225 g/mol. The fourth-order valence-electron chi connectivity index (χ4n) is 1.56. The van der Waals surface area contributed by atoms with Crippen molar-refractivity contribution in [1.29, 1.82) is 0 Å². The van der Waals surface area contributed by atoms with E-state index < -0.39 is 12.0 Å². The maximum atomic E-state index is 11.6. The number of Topliss-reactive ketones (excluding diaryl/α,β-unsaturated/α-hetero) is 1. The number of hydrogen-bond acceptors (Lipinski definition) is 3. The number of benzene rings is 1. The first-order valence-electron chi connectivity index (χ1n) is 4.40. The highest BCUT2D eigenvalue weighted by molar-refractivity contribution is 6.31. The number of anilines is 1. The number of rotatable bonds is 1. The van der Waals surface area contributed by atoms with Crippen molar-refractivity contribution in [2.24, 2.45) is 0 Å². The largest absolute Gasteiger partial charge is 0.480 e. The summed E-state index contributed by atoms with van der Waals surface area (Å²) >= 11 is 5.74. The first kappa shape index (κ1) is 9.98. The second-order valence-electron chi connectivity index (χ2n) is 3.35. The van der Waals surface area contributed by atoms with Crippen molar-refractivity contribution in [2.75, 3.05) is 5.32 Å². The Hall–Kier alpha value is -1.55. The van der Waals surface area contributed by atoms with Crippen molar-refractivity contribution in [3.63, 3.8) is 0 Å². The van der Waals surface area contributed by atoms with Gasteiger partial charge < -0.3 is 10.4 Å². The summed E-state index contributed by atoms with van der Waals surface area (Å²) in [7, 11) is 0. The average Bonchev–Trinajstić information content (AvgIpc) is 2.18. The molecule has 0 saturated carbocycles. The number of carboxylic acid groups (broad SMARTS) is 1. The van der Waals surface area contributed by atoms with Crippen LogP contribution < -0.4 is 5.32 Å². The maximum Gasteiger partial charge on any atom is 0.326 e. The lowest BCUT2D eigenvalue weighted by Gasteiger charge is -2.22. The van der Waals surface area contributed by atoms with Crippen LogP contribution in [0.1, 0.15) is 16.8 Å². The first-order chi connectivity index (χ1) is 7.08. The molecule has 0 spiro atoms. The Morgan fingerprint density at radius 2 is 2.27 bits per heavy atom. The second-order valence-corrected chi connectivity index (χ2v) is 3.79. The number of ketones is 1. The van der Waals surface area contributed by atoms with Crippen LogP contribution in [-0.4, -0.2) is 22.9 Å². The van der Waals surface area contributed by atoms with Gasteiger partial charge in [-0.25, -0.2) is 4.79 Å². The van der Waals surface area contributed by atoms with Crippen LogP contribution in [0, 0.1) is 0 Å². The summed E-state index contributed by atoms with van der Waals surface area (Å²) in [6, 6.07) is 3.94. The van der Waals surface area contributed by atoms with Gasteiger partial charge in [0.25, 0.3) is 0 Å². The predicted molar refractivity (Wildman–Crippen MR) is 55.4 cm³/mol. The molecule has 0 aliphatic carbocycles. The van der Waals surface area contributed by atoms with Crippen molar-refractivity contribution >= 4 is 29.0 Å². The predicted octanol–water partition coefficient (Wildman–Crippen LogP) is 1.79. The van der Waals surface area contributed by atoms with Crippen molar-refractivity contribution in [2.45, 2.75) is 12.5 Å². The third-order valence-electron chi connectivity index (χ3n) is 2.30. The summed E-state index contributed by atoms with van der Waals surface area (Å²) in [6.07, 6.45) is -0.0390. The Balaban J connectivity index is 2.41. The third kappa shape index (κ3) is 1.80. The van der Waals surface area contributed by atoms with Crippen LogP contribution in [0.2, 0.25) is 5.02 Å². The van der Waals surface area contributed by atoms with E-state index in [2.05, 4.69) is 5.32 Å². The van der Waals surface area contributed by atoms with Gasteiger partial charge in [-0.15, -0.1) is 0 Å². The Morgan fingerprint density at radius 3 is 2.93 bits per heavy atom. The van der Waals surface area contributed by atoms with Gasteiger partial charge >= 0.3 is 5.97 Å². The smallest absolute Gasteiger partial charge is 0.326 e. The van der Waals surface area contributed by atoms with Crippen LogP contribution in [0.5, 0.6) is 0 Å². The molecule has 1 atom stereocenters. The fraction of sp³-hybridized carbons (Fsp3) is 0.200. The van der Waals surface area contributed by atoms with Crippen LogP contribution >= 0.6 is 11.6 Å². The standard InChI is InChI=1S/C10H8ClNO3/c11-5-1-2-7-6(3-5)9(13)4-8(12-7)10(14)15/h1-3,8,12H,4H2,(H,14,15). The van der Waals surface area contributed by atoms with Crippen LogP contribution in [0.3, 0.4) is 0 Å². The number of halogens is 1. The lowest BCUT2D eigenvalue weighted by Crippen LogP contribution is -2.35. The molecule has 0 bridgehead atoms. The number of carbonyl (C=O) groups is 2. The Kier molecular flexibility index (Phi) is 2.36. The highest BCUT2D eigenvalue weighted by Crippen LogP contribution is 2.27. The van der Waals surface area contributed by atoms with E-state index >= 15 is 0 Å². The summed E-state index contributed by atoms with van der Waals surface area (Å²) in [6.45, 7) is 0. The molecule has 15 heavy (non-hydrogen) atoms. The highest BCUT2D eigenvalue weighted by Gasteiger charge is 2.28. The molecule has 2 N–H and O–H groups in total. The molecule has 78 valence electrons. The zero-order valence-electron chi connectivity index (χ0n) is 7.66. The normalized spacial score (nSPS) is 19.3. The molecular weight excluding hydrogens is 218 g/mol. The molecular formula is C10H8ClNO3. The molecule has 4 nitrogen and oxygen atoms in total. The summed E-state index contributed by atoms with van der Waals surface area (Å²) in [5, 5.41) is 12.0. The van der Waals surface area contributed by atoms with Crippen molar-refractivity contribution in [3.8, 4) is 0 Å². The summed E-state index contributed by atoms with van der Waals surface area (Å²) in [5.41, 5.74) is 0.989. The van der Waals surface area contributed by atoms with Crippen molar-refractivity contribution in [3.05, 3.63) is 28.8 Å². The number of nitrogens with one attached hydrogen (secondary N) is 1. The topological polar surface area (TPSA) is 66.4 Å². The van der Waals surface area contributed by atoms with Crippen LogP contribution in [0.4, 0.5) is 5.69 Å². The maximum absolute atomic E-state index is 11.6. The number of fused-ring (bicyclic) bond motifs is 1. The minimum absolute atomic E-state index is 0.0390. The van der Waals surface area contributed by atoms with Gasteiger partial charge in [-0.1, -0.05) is 11.6 Å². The number of aliphatic carboxylic acids is 1. The molecule has 1 aromatic carbocycles. The van der Waals surface area contributed by atoms with E-state index in [1.54, 1.807) is 18.2 Å². The second kappa shape index (κ2) is 3.55. The van der Waals surface area contributed by atoms with Crippen molar-refractivity contribution < 1.29 is 14.7 Å². The average molecular weight is 226 g/mol. The number of carboxylic acids is 1. The quantitative estimate of drug-likeness (QED) is 0.765. The molecule has 0 aromatic heterocycles. The van der Waals surface area contributed by atoms with Gasteiger partial charge in [0.15, 0.2) is 5.78 Å². The lowest BCUT2D eigenvalue weighted by molar-refractivity contribution is -0.137. The lowest BCUT2D eigenvalue weighted by atomic mass is 9.97. The Morgan fingerprint density at radius 1 is 1.53 bits per heavy atom. The van der Waals surface area contributed by atoms with Gasteiger partial charge in [0.2, 0.25) is 0 Å². The molecule has 0 fully saturated rings. The van der Waals surface area contributed by atoms with E-state index in [1.165, 1.54) is 0 Å². The van der Waals surface area contributed by atoms with E-state index in [4.69, 9.17) is 16.7 Å². The zero-order valence-corrected chi connectivity index (χ0v) is 8.41. The fourth-order valence-corrected chi connectivity index (χ4v) is 1.73. The van der Waals surface area contributed by atoms with E-state index in [9.17, 15) is 9.59 Å². The minimum Gasteiger partial charge on any atom is -0.480 e. The van der Waals surface area contributed by atoms with E-state index in [-0.39, 0.29) is 12.2 Å². The van der Waals surface area contributed by atoms with Gasteiger partial charge in [-0.05, 0) is 18.2 Å². The highest BCUT2D eigenvalue weighted by atomic mass is 35.5. The summed E-state index contributed by atoms with van der Waals surface area (Å²) in [5.74, 6) is -1.22. The number of hydrogen-bond donors (Lipinski definition) is 2. The van der Waals surface area contributed by atoms with Crippen molar-refractivity contribution in [1.82, 2.24) is 0 Å². The molecule has 1 unspecified atom stereocenters. The van der Waals surface area contributed by atoms with Gasteiger partial charge in [-0.3, -0.25) is 4.79 Å². The molecule has 1 heterocycles. The molecule has 1 aliphatic heterocycles. The molecule has 0 radical (unpaired) electrons. The van der Waals surface area contributed by atoms with Crippen LogP contribution in [-0.2, 0) is 4.79 Å². The van der Waals surface area contributed by atoms with E-state index in [0.717, 1.165) is 0 Å². The van der Waals surface area contributed by atoms with E-state index in [0.29, 0.717) is 16.3 Å². The molecule has 0 amide bonds. The summed E-state index contributed by atoms with van der Waals surface area (Å²) in [4.78, 5) is 22.3. The van der Waals surface area contributed by atoms with Crippen LogP contribution in [0.25, 0.3) is 0 Å². The molecule has 2 rings (SSSR count). The molecule has 0 saturated heterocycles. The summed E-state index contributed by atoms with van der Waals surface area (Å²) < 4.78 is 0. The number of carbonyl (C=O) groups excluding carboxylic acids is 1. The molecule has 1 aromatic rings. The van der Waals surface area contributed by atoms with Gasteiger partial charge in [-0.2, -0.15) is 0 Å². The van der Waals surface area contributed by atoms with Gasteiger partial charge in [0.1, 0.15) is 6.04 Å². The van der Waals surface area contributed by atoms with Gasteiger partial charge in [0, 0.05) is 22.7 Å². The molecule has 1 aliphatic rings. The zero-order chi connectivity index (χ0) is 11.0. The Bertz CT molecular complexity index is 444. The van der Waals surface area contributed by atoms with Crippen LogP contribution in [0.15, 0.2) is 18.2 Å². The Labute approximate surface area is 90.9 Å².